The molecule has 5 nitrogen and oxygen atoms in total. The molecule has 3 aliphatic heterocycles. The lowest BCUT2D eigenvalue weighted by Crippen LogP contribution is -2.61. The highest BCUT2D eigenvalue weighted by molar-refractivity contribution is 5.83. The van der Waals surface area contributed by atoms with E-state index >= 15 is 0 Å². The van der Waals surface area contributed by atoms with E-state index in [2.05, 4.69) is 34.5 Å². The van der Waals surface area contributed by atoms with Gasteiger partial charge in [0.1, 0.15) is 0 Å². The molecular formula is C19H25N3O2. The molecule has 128 valence electrons. The smallest absolute Gasteiger partial charge is 0.317 e. The zero-order valence-corrected chi connectivity index (χ0v) is 14.2. The van der Waals surface area contributed by atoms with Crippen molar-refractivity contribution >= 4 is 11.9 Å². The van der Waals surface area contributed by atoms with Crippen LogP contribution in [0.5, 0.6) is 0 Å². The van der Waals surface area contributed by atoms with Crippen molar-refractivity contribution in [1.29, 1.82) is 0 Å². The average Bonchev–Trinajstić information content (AvgIpc) is 2.61. The molecule has 3 heterocycles. The molecular weight excluding hydrogens is 302 g/mol. The number of carbonyl (C=O) groups is 2. The summed E-state index contributed by atoms with van der Waals surface area (Å²) in [5.74, 6) is 0.225. The topological polar surface area (TPSA) is 52.7 Å². The number of fused-ring (bicyclic) bond motifs is 4. The summed E-state index contributed by atoms with van der Waals surface area (Å²) in [5.41, 5.74) is 2.63. The van der Waals surface area contributed by atoms with E-state index in [0.29, 0.717) is 6.54 Å². The molecule has 5 heteroatoms. The normalized spacial score (nSPS) is 28.7. The zero-order valence-electron chi connectivity index (χ0n) is 14.2. The first-order valence-corrected chi connectivity index (χ1v) is 9.13. The van der Waals surface area contributed by atoms with Crippen molar-refractivity contribution in [2.45, 2.75) is 44.7 Å². The number of hydrogen-bond acceptors (Lipinski definition) is 2. The minimum Gasteiger partial charge on any atom is -0.338 e. The Hall–Kier alpha value is -2.04. The SMILES string of the molecule is CCNC(=O)N1CCCC2C(=O)N3CCc4ccccc4C3CC21. The minimum absolute atomic E-state index is 0.0162. The molecule has 3 atom stereocenters. The van der Waals surface area contributed by atoms with Crippen LogP contribution in [0, 0.1) is 5.92 Å². The second kappa shape index (κ2) is 6.11. The van der Waals surface area contributed by atoms with E-state index in [-0.39, 0.29) is 29.9 Å². The van der Waals surface area contributed by atoms with Gasteiger partial charge in [0.05, 0.1) is 12.0 Å². The molecule has 1 N–H and O–H groups in total. The molecule has 0 bridgehead atoms. The molecule has 2 fully saturated rings. The maximum absolute atomic E-state index is 13.1. The van der Waals surface area contributed by atoms with Crippen molar-refractivity contribution < 1.29 is 9.59 Å². The molecule has 1 aromatic carbocycles. The van der Waals surface area contributed by atoms with Gasteiger partial charge in [0, 0.05) is 25.7 Å². The van der Waals surface area contributed by atoms with Crippen molar-refractivity contribution in [2.24, 2.45) is 5.92 Å². The number of likely N-dealkylation sites (tertiary alicyclic amines) is 1. The van der Waals surface area contributed by atoms with Crippen LogP contribution in [0.15, 0.2) is 24.3 Å². The fraction of sp³-hybridized carbons (Fsp3) is 0.579. The van der Waals surface area contributed by atoms with Gasteiger partial charge in [0.2, 0.25) is 5.91 Å². The maximum Gasteiger partial charge on any atom is 0.317 e. The lowest BCUT2D eigenvalue weighted by atomic mass is 9.76. The fourth-order valence-electron chi connectivity index (χ4n) is 4.75. The van der Waals surface area contributed by atoms with Crippen LogP contribution in [0.3, 0.4) is 0 Å². The average molecular weight is 327 g/mol. The number of amides is 3. The molecule has 0 radical (unpaired) electrons. The summed E-state index contributed by atoms with van der Waals surface area (Å²) in [6, 6.07) is 8.59. The third-order valence-electron chi connectivity index (χ3n) is 5.85. The zero-order chi connectivity index (χ0) is 16.7. The first-order valence-electron chi connectivity index (χ1n) is 9.13. The molecule has 3 aliphatic rings. The van der Waals surface area contributed by atoms with Crippen LogP contribution in [0.2, 0.25) is 0 Å². The summed E-state index contributed by atoms with van der Waals surface area (Å²) in [6.45, 7) is 4.13. The molecule has 0 spiro atoms. The Kier molecular flexibility index (Phi) is 3.94. The number of urea groups is 1. The van der Waals surface area contributed by atoms with Gasteiger partial charge in [-0.3, -0.25) is 4.79 Å². The summed E-state index contributed by atoms with van der Waals surface area (Å²) in [4.78, 5) is 29.5. The van der Waals surface area contributed by atoms with Gasteiger partial charge in [0.25, 0.3) is 0 Å². The van der Waals surface area contributed by atoms with E-state index in [4.69, 9.17) is 0 Å². The number of piperidine rings is 2. The first kappa shape index (κ1) is 15.5. The van der Waals surface area contributed by atoms with Gasteiger partial charge in [-0.15, -0.1) is 0 Å². The van der Waals surface area contributed by atoms with E-state index in [1.165, 1.54) is 11.1 Å². The van der Waals surface area contributed by atoms with Gasteiger partial charge < -0.3 is 15.1 Å². The highest BCUT2D eigenvalue weighted by atomic mass is 16.2. The van der Waals surface area contributed by atoms with Crippen LogP contribution in [0.25, 0.3) is 0 Å². The van der Waals surface area contributed by atoms with Crippen LogP contribution < -0.4 is 5.32 Å². The van der Waals surface area contributed by atoms with Gasteiger partial charge in [-0.1, -0.05) is 24.3 Å². The van der Waals surface area contributed by atoms with E-state index in [1.54, 1.807) is 0 Å². The predicted molar refractivity (Wildman–Crippen MR) is 91.5 cm³/mol. The van der Waals surface area contributed by atoms with Crippen molar-refractivity contribution in [1.82, 2.24) is 15.1 Å². The van der Waals surface area contributed by atoms with E-state index < -0.39 is 0 Å². The second-order valence-electron chi connectivity index (χ2n) is 7.08. The Morgan fingerprint density at radius 3 is 2.96 bits per heavy atom. The Morgan fingerprint density at radius 1 is 1.29 bits per heavy atom. The molecule has 3 amide bonds. The number of hydrogen-bond donors (Lipinski definition) is 1. The number of nitrogens with zero attached hydrogens (tertiary/aromatic N) is 2. The summed E-state index contributed by atoms with van der Waals surface area (Å²) >= 11 is 0. The molecule has 0 saturated carbocycles. The lowest BCUT2D eigenvalue weighted by molar-refractivity contribution is -0.148. The Labute approximate surface area is 143 Å². The summed E-state index contributed by atoms with van der Waals surface area (Å²) in [6.07, 6.45) is 3.63. The summed E-state index contributed by atoms with van der Waals surface area (Å²) in [7, 11) is 0. The lowest BCUT2D eigenvalue weighted by Gasteiger charge is -2.51. The number of benzene rings is 1. The fourth-order valence-corrected chi connectivity index (χ4v) is 4.75. The molecule has 24 heavy (non-hydrogen) atoms. The molecule has 0 aromatic heterocycles. The largest absolute Gasteiger partial charge is 0.338 e. The molecule has 4 rings (SSSR count). The summed E-state index contributed by atoms with van der Waals surface area (Å²) < 4.78 is 0. The molecule has 0 aliphatic carbocycles. The number of rotatable bonds is 1. The van der Waals surface area contributed by atoms with Crippen LogP contribution in [-0.4, -0.2) is 47.4 Å². The minimum atomic E-state index is -0.0251. The van der Waals surface area contributed by atoms with Crippen LogP contribution in [0.1, 0.15) is 43.4 Å². The second-order valence-corrected chi connectivity index (χ2v) is 7.08. The number of carbonyl (C=O) groups excluding carboxylic acids is 2. The maximum atomic E-state index is 13.1. The summed E-state index contributed by atoms with van der Waals surface area (Å²) in [5, 5.41) is 2.92. The van der Waals surface area contributed by atoms with Crippen LogP contribution in [0.4, 0.5) is 4.79 Å². The molecule has 2 saturated heterocycles. The quantitative estimate of drug-likeness (QED) is 0.861. The van der Waals surface area contributed by atoms with Crippen molar-refractivity contribution in [3.63, 3.8) is 0 Å². The monoisotopic (exact) mass is 327 g/mol. The van der Waals surface area contributed by atoms with Gasteiger partial charge in [0.15, 0.2) is 0 Å². The van der Waals surface area contributed by atoms with E-state index in [1.807, 2.05) is 11.8 Å². The Bertz CT molecular complexity index is 660. The van der Waals surface area contributed by atoms with Crippen molar-refractivity contribution in [3.8, 4) is 0 Å². The van der Waals surface area contributed by atoms with Crippen molar-refractivity contribution in [3.05, 3.63) is 35.4 Å². The van der Waals surface area contributed by atoms with Gasteiger partial charge in [-0.25, -0.2) is 4.79 Å². The first-order chi connectivity index (χ1) is 11.7. The third-order valence-corrected chi connectivity index (χ3v) is 5.85. The standard InChI is InChI=1S/C19H25N3O2/c1-2-20-19(24)22-10-5-8-15-17(22)12-16-14-7-4-3-6-13(14)9-11-21(16)18(15)23/h3-4,6-7,15-17H,2,5,8-12H2,1H3,(H,20,24). The Balaban J connectivity index is 1.66. The molecule has 1 aromatic rings. The molecule has 3 unspecified atom stereocenters. The highest BCUT2D eigenvalue weighted by Crippen LogP contribution is 2.43. The Morgan fingerprint density at radius 2 is 2.12 bits per heavy atom. The van der Waals surface area contributed by atoms with Gasteiger partial charge in [-0.2, -0.15) is 0 Å². The van der Waals surface area contributed by atoms with Gasteiger partial charge in [-0.05, 0) is 43.7 Å². The van der Waals surface area contributed by atoms with E-state index in [0.717, 1.165) is 38.8 Å². The third kappa shape index (κ3) is 2.38. The number of nitrogens with one attached hydrogen (secondary N) is 1. The van der Waals surface area contributed by atoms with Crippen LogP contribution >= 0.6 is 0 Å². The highest BCUT2D eigenvalue weighted by Gasteiger charge is 2.48. The van der Waals surface area contributed by atoms with E-state index in [9.17, 15) is 9.59 Å². The van der Waals surface area contributed by atoms with Gasteiger partial charge >= 0.3 is 6.03 Å². The van der Waals surface area contributed by atoms with Crippen LogP contribution in [-0.2, 0) is 11.2 Å². The van der Waals surface area contributed by atoms with Crippen molar-refractivity contribution in [2.75, 3.05) is 19.6 Å². The predicted octanol–water partition coefficient (Wildman–Crippen LogP) is 2.33.